The number of hydrogen-bond donors (Lipinski definition) is 2. The Hall–Kier alpha value is -4.38. The van der Waals surface area contributed by atoms with Crippen LogP contribution in [0.5, 0.6) is 0 Å². The second-order valence-corrected chi connectivity index (χ2v) is 9.32. The Labute approximate surface area is 215 Å². The van der Waals surface area contributed by atoms with E-state index >= 15 is 4.39 Å². The SMILES string of the molecule is CNc1c(F)cc(F)c2c1Cc1ncc(-c3cnc4c(c3)c(=O)c(C(=O)O)cn4C)c(N3CCOCC3)c1-2. The first kappa shape index (κ1) is 24.0. The highest BCUT2D eigenvalue weighted by Crippen LogP contribution is 2.50. The molecule has 0 saturated carbocycles. The number of aromatic carboxylic acids is 1. The van der Waals surface area contributed by atoms with Gasteiger partial charge in [-0.3, -0.25) is 9.78 Å². The first-order valence-corrected chi connectivity index (χ1v) is 12.1. The van der Waals surface area contributed by atoms with Crippen molar-refractivity contribution in [1.29, 1.82) is 0 Å². The van der Waals surface area contributed by atoms with Crippen LogP contribution in [0.1, 0.15) is 21.6 Å². The van der Waals surface area contributed by atoms with Crippen molar-refractivity contribution >= 4 is 28.4 Å². The van der Waals surface area contributed by atoms with E-state index in [0.29, 0.717) is 71.1 Å². The molecule has 11 heteroatoms. The topological polar surface area (TPSA) is 110 Å². The van der Waals surface area contributed by atoms with Gasteiger partial charge in [-0.25, -0.2) is 18.6 Å². The predicted molar refractivity (Wildman–Crippen MR) is 138 cm³/mol. The van der Waals surface area contributed by atoms with Crippen molar-refractivity contribution in [3.63, 3.8) is 0 Å². The first-order valence-electron chi connectivity index (χ1n) is 12.1. The van der Waals surface area contributed by atoms with Crippen molar-refractivity contribution in [2.75, 3.05) is 43.6 Å². The van der Waals surface area contributed by atoms with Gasteiger partial charge in [0.15, 0.2) is 0 Å². The number of anilines is 2. The number of benzene rings is 1. The molecule has 0 unspecified atom stereocenters. The van der Waals surface area contributed by atoms with E-state index in [-0.39, 0.29) is 23.1 Å². The number of aryl methyl sites for hydroxylation is 1. The number of fused-ring (bicyclic) bond motifs is 4. The van der Waals surface area contributed by atoms with Gasteiger partial charge in [0.25, 0.3) is 0 Å². The molecule has 9 nitrogen and oxygen atoms in total. The molecule has 4 aromatic rings. The van der Waals surface area contributed by atoms with Crippen molar-refractivity contribution in [2.24, 2.45) is 7.05 Å². The molecule has 0 atom stereocenters. The number of pyridine rings is 3. The fraction of sp³-hybridized carbons (Fsp3) is 0.259. The molecule has 0 spiro atoms. The number of halogens is 2. The van der Waals surface area contributed by atoms with Crippen LogP contribution in [-0.4, -0.2) is 59.0 Å². The number of ether oxygens (including phenoxy) is 1. The van der Waals surface area contributed by atoms with Crippen molar-refractivity contribution in [3.05, 3.63) is 69.4 Å². The van der Waals surface area contributed by atoms with Crippen molar-refractivity contribution in [1.82, 2.24) is 14.5 Å². The van der Waals surface area contributed by atoms with Gasteiger partial charge in [-0.05, 0) is 11.6 Å². The third-order valence-corrected chi connectivity index (χ3v) is 7.19. The zero-order valence-electron chi connectivity index (χ0n) is 20.6. The van der Waals surface area contributed by atoms with E-state index < -0.39 is 23.0 Å². The van der Waals surface area contributed by atoms with Crippen LogP contribution in [0.25, 0.3) is 33.3 Å². The average Bonchev–Trinajstić information content (AvgIpc) is 3.30. The minimum absolute atomic E-state index is 0.143. The van der Waals surface area contributed by atoms with Crippen molar-refractivity contribution < 1.29 is 23.4 Å². The number of carboxylic acids is 1. The molecule has 1 aromatic carbocycles. The Morgan fingerprint density at radius 1 is 1.11 bits per heavy atom. The first-order chi connectivity index (χ1) is 18.3. The zero-order valence-corrected chi connectivity index (χ0v) is 20.6. The number of aromatic nitrogens is 3. The van der Waals surface area contributed by atoms with Crippen LogP contribution < -0.4 is 15.6 Å². The standard InChI is InChI=1S/C27H23F2N5O4/c1-30-23-14-8-20-22(21(14)18(28)9-19(23)29)24(34-3-5-38-6-4-34)16(11-31-20)13-7-15-25(35)17(27(36)37)12-33(2)26(15)32-10-13/h7,9-12,30H,3-6,8H2,1-2H3,(H,36,37). The Morgan fingerprint density at radius 3 is 2.58 bits per heavy atom. The molecule has 2 aliphatic rings. The summed E-state index contributed by atoms with van der Waals surface area (Å²) < 4.78 is 37.1. The smallest absolute Gasteiger partial charge is 0.341 e. The van der Waals surface area contributed by atoms with Gasteiger partial charge in [0.05, 0.1) is 35.7 Å². The predicted octanol–water partition coefficient (Wildman–Crippen LogP) is 3.42. The van der Waals surface area contributed by atoms with E-state index in [0.717, 1.165) is 6.07 Å². The van der Waals surface area contributed by atoms with E-state index in [2.05, 4.69) is 20.2 Å². The summed E-state index contributed by atoms with van der Waals surface area (Å²) in [4.78, 5) is 35.9. The molecule has 38 heavy (non-hydrogen) atoms. The van der Waals surface area contributed by atoms with Gasteiger partial charge in [-0.2, -0.15) is 0 Å². The minimum Gasteiger partial charge on any atom is -0.477 e. The maximum atomic E-state index is 15.4. The molecular weight excluding hydrogens is 496 g/mol. The summed E-state index contributed by atoms with van der Waals surface area (Å²) in [6.45, 7) is 2.00. The van der Waals surface area contributed by atoms with E-state index in [1.807, 2.05) is 0 Å². The normalized spacial score (nSPS) is 14.5. The second kappa shape index (κ2) is 8.88. The Balaban J connectivity index is 1.65. The van der Waals surface area contributed by atoms with Crippen LogP contribution in [0.4, 0.5) is 20.2 Å². The Bertz CT molecular complexity index is 1710. The summed E-state index contributed by atoms with van der Waals surface area (Å²) in [5, 5.41) is 12.5. The minimum atomic E-state index is -1.33. The summed E-state index contributed by atoms with van der Waals surface area (Å²) >= 11 is 0. The molecule has 4 heterocycles. The van der Waals surface area contributed by atoms with Crippen LogP contribution in [0.3, 0.4) is 0 Å². The van der Waals surface area contributed by atoms with E-state index in [9.17, 15) is 19.1 Å². The number of carbonyl (C=O) groups is 1. The molecule has 0 amide bonds. The quantitative estimate of drug-likeness (QED) is 0.372. The van der Waals surface area contributed by atoms with Crippen LogP contribution in [-0.2, 0) is 18.2 Å². The van der Waals surface area contributed by atoms with Gasteiger partial charge >= 0.3 is 5.97 Å². The maximum absolute atomic E-state index is 15.4. The zero-order chi connectivity index (χ0) is 26.7. The summed E-state index contributed by atoms with van der Waals surface area (Å²) in [6, 6.07) is 2.48. The summed E-state index contributed by atoms with van der Waals surface area (Å²) in [6.07, 6.45) is 4.74. The van der Waals surface area contributed by atoms with E-state index in [1.165, 1.54) is 10.8 Å². The van der Waals surface area contributed by atoms with Crippen LogP contribution >= 0.6 is 0 Å². The third-order valence-electron chi connectivity index (χ3n) is 7.19. The fourth-order valence-corrected chi connectivity index (χ4v) is 5.48. The van der Waals surface area contributed by atoms with Crippen molar-refractivity contribution in [2.45, 2.75) is 6.42 Å². The van der Waals surface area contributed by atoms with Crippen LogP contribution in [0.15, 0.2) is 35.5 Å². The highest BCUT2D eigenvalue weighted by Gasteiger charge is 2.34. The molecule has 0 radical (unpaired) electrons. The Morgan fingerprint density at radius 2 is 1.87 bits per heavy atom. The monoisotopic (exact) mass is 519 g/mol. The number of rotatable bonds is 4. The van der Waals surface area contributed by atoms with Crippen molar-refractivity contribution in [3.8, 4) is 22.3 Å². The number of hydrogen-bond acceptors (Lipinski definition) is 7. The molecule has 0 bridgehead atoms. The third kappa shape index (κ3) is 3.53. The Kier molecular flexibility index (Phi) is 5.60. The summed E-state index contributed by atoms with van der Waals surface area (Å²) in [7, 11) is 3.21. The van der Waals surface area contributed by atoms with Gasteiger partial charge in [0, 0.05) is 80.5 Å². The maximum Gasteiger partial charge on any atom is 0.341 e. The van der Waals surface area contributed by atoms with Gasteiger partial charge in [-0.15, -0.1) is 0 Å². The summed E-state index contributed by atoms with van der Waals surface area (Å²) in [5.74, 6) is -2.68. The number of carboxylic acid groups (broad SMARTS) is 1. The van der Waals surface area contributed by atoms with Gasteiger partial charge in [-0.1, -0.05) is 0 Å². The highest BCUT2D eigenvalue weighted by atomic mass is 19.1. The molecule has 1 aliphatic heterocycles. The average molecular weight is 520 g/mol. The lowest BCUT2D eigenvalue weighted by molar-refractivity contribution is 0.0695. The van der Waals surface area contributed by atoms with Gasteiger partial charge in [0.2, 0.25) is 5.43 Å². The van der Waals surface area contributed by atoms with Crippen LogP contribution in [0.2, 0.25) is 0 Å². The molecule has 1 fully saturated rings. The lowest BCUT2D eigenvalue weighted by Gasteiger charge is -2.32. The molecule has 2 N–H and O–H groups in total. The molecular formula is C27H23F2N5O4. The molecule has 6 rings (SSSR count). The van der Waals surface area contributed by atoms with E-state index in [1.54, 1.807) is 32.6 Å². The van der Waals surface area contributed by atoms with Gasteiger partial charge < -0.3 is 24.6 Å². The van der Waals surface area contributed by atoms with Gasteiger partial charge in [0.1, 0.15) is 22.8 Å². The second-order valence-electron chi connectivity index (χ2n) is 9.32. The lowest BCUT2D eigenvalue weighted by Crippen LogP contribution is -2.37. The molecule has 194 valence electrons. The number of morpholine rings is 1. The number of nitrogens with zero attached hydrogens (tertiary/aromatic N) is 4. The molecule has 1 saturated heterocycles. The largest absolute Gasteiger partial charge is 0.477 e. The highest BCUT2D eigenvalue weighted by molar-refractivity contribution is 5.98. The molecule has 1 aliphatic carbocycles. The summed E-state index contributed by atoms with van der Waals surface area (Å²) in [5.41, 5.74) is 3.34. The number of nitrogens with one attached hydrogen (secondary N) is 1. The fourth-order valence-electron chi connectivity index (χ4n) is 5.48. The lowest BCUT2D eigenvalue weighted by atomic mass is 9.96. The van der Waals surface area contributed by atoms with E-state index in [4.69, 9.17) is 4.74 Å². The molecule has 3 aromatic heterocycles. The van der Waals surface area contributed by atoms with Crippen LogP contribution in [0, 0.1) is 11.6 Å².